The van der Waals surface area contributed by atoms with Crippen LogP contribution in [0.5, 0.6) is 0 Å². The van der Waals surface area contributed by atoms with Gasteiger partial charge in [0.15, 0.2) is 0 Å². The summed E-state index contributed by atoms with van der Waals surface area (Å²) in [7, 11) is 0. The number of benzene rings is 2. The lowest BCUT2D eigenvalue weighted by atomic mass is 9.73. The van der Waals surface area contributed by atoms with E-state index in [2.05, 4.69) is 56.0 Å². The normalized spacial score (nSPS) is 17.2. The highest BCUT2D eigenvalue weighted by Crippen LogP contribution is 2.50. The minimum absolute atomic E-state index is 0.230. The highest BCUT2D eigenvalue weighted by Gasteiger charge is 2.47. The van der Waals surface area contributed by atoms with Crippen LogP contribution in [0.25, 0.3) is 0 Å². The Balaban J connectivity index is 1.72. The average molecular weight is 443 g/mol. The van der Waals surface area contributed by atoms with Crippen molar-refractivity contribution in [1.82, 2.24) is 4.90 Å². The molecule has 1 saturated carbocycles. The van der Waals surface area contributed by atoms with Crippen molar-refractivity contribution in [3.05, 3.63) is 71.3 Å². The van der Waals surface area contributed by atoms with Gasteiger partial charge < -0.3 is 0 Å². The highest BCUT2D eigenvalue weighted by atomic mass is 19.4. The maximum atomic E-state index is 13.0. The lowest BCUT2D eigenvalue weighted by molar-refractivity contribution is -0.137. The van der Waals surface area contributed by atoms with E-state index in [1.54, 1.807) is 0 Å². The van der Waals surface area contributed by atoms with Gasteiger partial charge in [0.25, 0.3) is 0 Å². The van der Waals surface area contributed by atoms with E-state index < -0.39 is 17.2 Å². The van der Waals surface area contributed by atoms with Gasteiger partial charge in [0.05, 0.1) is 17.0 Å². The molecule has 0 spiro atoms. The molecule has 1 fully saturated rings. The van der Waals surface area contributed by atoms with E-state index in [0.29, 0.717) is 12.5 Å². The Hall–Kier alpha value is -2.32. The third kappa shape index (κ3) is 5.72. The van der Waals surface area contributed by atoms with Crippen LogP contribution >= 0.6 is 0 Å². The average Bonchev–Trinajstić information content (AvgIpc) is 3.61. The molecule has 3 rings (SSSR count). The Morgan fingerprint density at radius 3 is 2.06 bits per heavy atom. The van der Waals surface area contributed by atoms with Crippen LogP contribution in [0.15, 0.2) is 54.6 Å². The fourth-order valence-corrected chi connectivity index (χ4v) is 4.82. The number of halogens is 3. The molecule has 172 valence electrons. The summed E-state index contributed by atoms with van der Waals surface area (Å²) >= 11 is 0. The Morgan fingerprint density at radius 1 is 0.969 bits per heavy atom. The SMILES string of the molecule is CC(C)N(CCc1ccccc1)C(C)CCC(C#N)(c1ccc(C(F)(F)F)cc1)C1CC1. The zero-order valence-electron chi connectivity index (χ0n) is 19.2. The van der Waals surface area contributed by atoms with Crippen molar-refractivity contribution in [2.45, 2.75) is 76.6 Å². The Morgan fingerprint density at radius 2 is 1.56 bits per heavy atom. The molecular formula is C27H33F3N2. The molecular weight excluding hydrogens is 409 g/mol. The minimum Gasteiger partial charge on any atom is -0.298 e. The van der Waals surface area contributed by atoms with Crippen LogP contribution in [0.1, 0.15) is 63.1 Å². The second-order valence-electron chi connectivity index (χ2n) is 9.39. The molecule has 0 aromatic heterocycles. The van der Waals surface area contributed by atoms with Gasteiger partial charge in [-0.1, -0.05) is 42.5 Å². The highest BCUT2D eigenvalue weighted by molar-refractivity contribution is 5.38. The zero-order chi connectivity index (χ0) is 23.4. The largest absolute Gasteiger partial charge is 0.416 e. The Labute approximate surface area is 190 Å². The first kappa shape index (κ1) is 24.3. The van der Waals surface area contributed by atoms with Crippen molar-refractivity contribution >= 4 is 0 Å². The molecule has 2 aromatic rings. The predicted octanol–water partition coefficient (Wildman–Crippen LogP) is 7.00. The second kappa shape index (κ2) is 10.1. The second-order valence-corrected chi connectivity index (χ2v) is 9.39. The Kier molecular flexibility index (Phi) is 7.67. The first-order valence-electron chi connectivity index (χ1n) is 11.6. The minimum atomic E-state index is -4.36. The van der Waals surface area contributed by atoms with E-state index >= 15 is 0 Å². The molecule has 32 heavy (non-hydrogen) atoms. The summed E-state index contributed by atoms with van der Waals surface area (Å²) in [6.45, 7) is 7.52. The summed E-state index contributed by atoms with van der Waals surface area (Å²) in [5.41, 5.74) is 0.659. The van der Waals surface area contributed by atoms with Gasteiger partial charge in [-0.05, 0) is 82.1 Å². The van der Waals surface area contributed by atoms with E-state index in [-0.39, 0.29) is 12.0 Å². The number of hydrogen-bond acceptors (Lipinski definition) is 2. The number of nitrogens with zero attached hydrogens (tertiary/aromatic N) is 2. The van der Waals surface area contributed by atoms with Crippen LogP contribution in [0, 0.1) is 17.2 Å². The molecule has 1 aliphatic carbocycles. The third-order valence-electron chi connectivity index (χ3n) is 6.89. The van der Waals surface area contributed by atoms with Crippen molar-refractivity contribution in [2.75, 3.05) is 6.54 Å². The summed E-state index contributed by atoms with van der Waals surface area (Å²) in [5, 5.41) is 10.2. The molecule has 0 saturated heterocycles. The van der Waals surface area contributed by atoms with E-state index in [1.807, 2.05) is 6.07 Å². The van der Waals surface area contributed by atoms with Crippen LogP contribution < -0.4 is 0 Å². The van der Waals surface area contributed by atoms with Crippen LogP contribution in [-0.4, -0.2) is 23.5 Å². The van der Waals surface area contributed by atoms with Crippen molar-refractivity contribution in [1.29, 1.82) is 5.26 Å². The van der Waals surface area contributed by atoms with Gasteiger partial charge in [0, 0.05) is 18.6 Å². The van der Waals surface area contributed by atoms with Crippen LogP contribution in [-0.2, 0) is 18.0 Å². The molecule has 0 heterocycles. The van der Waals surface area contributed by atoms with Gasteiger partial charge in [-0.15, -0.1) is 0 Å². The number of alkyl halides is 3. The standard InChI is InChI=1S/C27H33F3N2/c1-20(2)32(18-16-22-7-5-4-6-8-22)21(3)15-17-26(19-31,23-9-10-23)24-11-13-25(14-12-24)27(28,29)30/h4-8,11-14,20-21,23H,9-10,15-18H2,1-3H3. The summed E-state index contributed by atoms with van der Waals surface area (Å²) in [4.78, 5) is 2.47. The summed E-state index contributed by atoms with van der Waals surface area (Å²) in [6, 6.07) is 18.9. The molecule has 2 atom stereocenters. The van der Waals surface area contributed by atoms with Crippen molar-refractivity contribution in [2.24, 2.45) is 5.92 Å². The van der Waals surface area contributed by atoms with Crippen LogP contribution in [0.2, 0.25) is 0 Å². The molecule has 1 aliphatic rings. The molecule has 0 aliphatic heterocycles. The fraction of sp³-hybridized carbons (Fsp3) is 0.519. The van der Waals surface area contributed by atoms with Crippen molar-refractivity contribution in [3.63, 3.8) is 0 Å². The zero-order valence-corrected chi connectivity index (χ0v) is 19.2. The fourth-order valence-electron chi connectivity index (χ4n) is 4.82. The van der Waals surface area contributed by atoms with E-state index in [4.69, 9.17) is 0 Å². The molecule has 2 unspecified atom stereocenters. The maximum absolute atomic E-state index is 13.0. The van der Waals surface area contributed by atoms with Crippen molar-refractivity contribution in [3.8, 4) is 6.07 Å². The van der Waals surface area contributed by atoms with Crippen LogP contribution in [0.4, 0.5) is 13.2 Å². The quantitative estimate of drug-likeness (QED) is 0.396. The number of rotatable bonds is 10. The first-order chi connectivity index (χ1) is 15.2. The van der Waals surface area contributed by atoms with E-state index in [9.17, 15) is 18.4 Å². The molecule has 2 nitrogen and oxygen atoms in total. The molecule has 2 aromatic carbocycles. The topological polar surface area (TPSA) is 27.0 Å². The molecule has 0 N–H and O–H groups in total. The van der Waals surface area contributed by atoms with Gasteiger partial charge >= 0.3 is 6.18 Å². The van der Waals surface area contributed by atoms with Gasteiger partial charge in [-0.2, -0.15) is 18.4 Å². The summed E-state index contributed by atoms with van der Waals surface area (Å²) in [6.07, 6.45) is 0.0236. The summed E-state index contributed by atoms with van der Waals surface area (Å²) in [5.74, 6) is 0.230. The van der Waals surface area contributed by atoms with Crippen LogP contribution in [0.3, 0.4) is 0 Å². The molecule has 0 amide bonds. The lowest BCUT2D eigenvalue weighted by Crippen LogP contribution is -2.41. The maximum Gasteiger partial charge on any atom is 0.416 e. The van der Waals surface area contributed by atoms with Gasteiger partial charge in [-0.3, -0.25) is 4.90 Å². The monoisotopic (exact) mass is 442 g/mol. The van der Waals surface area contributed by atoms with Crippen molar-refractivity contribution < 1.29 is 13.2 Å². The Bertz CT molecular complexity index is 895. The predicted molar refractivity (Wildman–Crippen MR) is 122 cm³/mol. The number of hydrogen-bond donors (Lipinski definition) is 0. The first-order valence-corrected chi connectivity index (χ1v) is 11.6. The molecule has 0 radical (unpaired) electrons. The molecule has 0 bridgehead atoms. The van der Waals surface area contributed by atoms with E-state index in [1.165, 1.54) is 17.7 Å². The lowest BCUT2D eigenvalue weighted by Gasteiger charge is -2.35. The summed E-state index contributed by atoms with van der Waals surface area (Å²) < 4.78 is 39.0. The smallest absolute Gasteiger partial charge is 0.298 e. The van der Waals surface area contributed by atoms with E-state index in [0.717, 1.165) is 49.9 Å². The van der Waals surface area contributed by atoms with Gasteiger partial charge in [-0.25, -0.2) is 0 Å². The molecule has 5 heteroatoms. The van der Waals surface area contributed by atoms with Gasteiger partial charge in [0.2, 0.25) is 0 Å². The number of nitriles is 1. The van der Waals surface area contributed by atoms with Gasteiger partial charge in [0.1, 0.15) is 0 Å². The third-order valence-corrected chi connectivity index (χ3v) is 6.89.